The molecular formula is C8H6ClF2NO3. The standard InChI is InChI=1S/C8H6ClF2NO3/c1-15-6-3(7(9)14)2-4(13)12-5(6)8(10)11/h2,8H,1H3,(H,12,13). The highest BCUT2D eigenvalue weighted by Crippen LogP contribution is 2.29. The fraction of sp³-hybridized carbons (Fsp3) is 0.250. The molecule has 0 aliphatic carbocycles. The second kappa shape index (κ2) is 4.39. The first-order chi connectivity index (χ1) is 6.97. The van der Waals surface area contributed by atoms with Crippen molar-refractivity contribution in [2.75, 3.05) is 7.11 Å². The number of H-pyrrole nitrogens is 1. The largest absolute Gasteiger partial charge is 0.494 e. The van der Waals surface area contributed by atoms with Crippen molar-refractivity contribution < 1.29 is 18.3 Å². The minimum atomic E-state index is -2.95. The number of carbonyl (C=O) groups excluding carboxylic acids is 1. The zero-order chi connectivity index (χ0) is 11.6. The predicted molar refractivity (Wildman–Crippen MR) is 48.8 cm³/mol. The van der Waals surface area contributed by atoms with Gasteiger partial charge in [0.2, 0.25) is 5.56 Å². The van der Waals surface area contributed by atoms with E-state index in [2.05, 4.69) is 4.74 Å². The lowest BCUT2D eigenvalue weighted by Gasteiger charge is -2.09. The average molecular weight is 238 g/mol. The van der Waals surface area contributed by atoms with E-state index in [4.69, 9.17) is 11.6 Å². The lowest BCUT2D eigenvalue weighted by Crippen LogP contribution is -2.13. The minimum Gasteiger partial charge on any atom is -0.494 e. The van der Waals surface area contributed by atoms with Crippen LogP contribution in [-0.2, 0) is 0 Å². The maximum Gasteiger partial charge on any atom is 0.282 e. The zero-order valence-electron chi connectivity index (χ0n) is 7.51. The van der Waals surface area contributed by atoms with E-state index in [0.717, 1.165) is 13.2 Å². The molecule has 1 rings (SSSR count). The van der Waals surface area contributed by atoms with Crippen LogP contribution in [0.15, 0.2) is 10.9 Å². The molecule has 0 aromatic carbocycles. The lowest BCUT2D eigenvalue weighted by atomic mass is 10.2. The van der Waals surface area contributed by atoms with Crippen LogP contribution >= 0.6 is 11.6 Å². The van der Waals surface area contributed by atoms with E-state index in [1.165, 1.54) is 0 Å². The van der Waals surface area contributed by atoms with Crippen molar-refractivity contribution in [2.24, 2.45) is 0 Å². The monoisotopic (exact) mass is 237 g/mol. The number of rotatable bonds is 3. The topological polar surface area (TPSA) is 59.2 Å². The maximum absolute atomic E-state index is 12.4. The Bertz CT molecular complexity index is 444. The van der Waals surface area contributed by atoms with Crippen molar-refractivity contribution in [3.63, 3.8) is 0 Å². The molecule has 0 aliphatic heterocycles. The Morgan fingerprint density at radius 2 is 2.20 bits per heavy atom. The van der Waals surface area contributed by atoms with Crippen molar-refractivity contribution in [3.05, 3.63) is 27.7 Å². The van der Waals surface area contributed by atoms with Crippen LogP contribution in [0.4, 0.5) is 8.78 Å². The molecule has 1 aromatic rings. The highest BCUT2D eigenvalue weighted by Gasteiger charge is 2.21. The first-order valence-corrected chi connectivity index (χ1v) is 4.14. The number of nitrogens with one attached hydrogen (secondary N) is 1. The van der Waals surface area contributed by atoms with Crippen molar-refractivity contribution in [1.82, 2.24) is 4.98 Å². The molecule has 0 spiro atoms. The number of pyridine rings is 1. The Balaban J connectivity index is 3.52. The smallest absolute Gasteiger partial charge is 0.282 e. The number of alkyl halides is 2. The number of halogens is 3. The first kappa shape index (κ1) is 11.6. The molecule has 1 N–H and O–H groups in total. The molecular weight excluding hydrogens is 232 g/mol. The number of carbonyl (C=O) groups is 1. The van der Waals surface area contributed by atoms with Crippen LogP contribution in [0.1, 0.15) is 22.5 Å². The van der Waals surface area contributed by atoms with Crippen molar-refractivity contribution in [2.45, 2.75) is 6.43 Å². The third kappa shape index (κ3) is 2.33. The van der Waals surface area contributed by atoms with Gasteiger partial charge in [0.05, 0.1) is 12.7 Å². The first-order valence-electron chi connectivity index (χ1n) is 3.76. The molecule has 0 atom stereocenters. The molecule has 0 aliphatic rings. The fourth-order valence-corrected chi connectivity index (χ4v) is 1.23. The summed E-state index contributed by atoms with van der Waals surface area (Å²) >= 11 is 5.12. The van der Waals surface area contributed by atoms with Crippen LogP contribution < -0.4 is 10.3 Å². The third-order valence-corrected chi connectivity index (χ3v) is 1.86. The van der Waals surface area contributed by atoms with Gasteiger partial charge in [-0.2, -0.15) is 0 Å². The van der Waals surface area contributed by atoms with Crippen molar-refractivity contribution >= 4 is 16.8 Å². The van der Waals surface area contributed by atoms with Gasteiger partial charge in [0.1, 0.15) is 5.69 Å². The van der Waals surface area contributed by atoms with E-state index in [0.29, 0.717) is 0 Å². The number of hydrogen-bond acceptors (Lipinski definition) is 3. The third-order valence-electron chi connectivity index (χ3n) is 1.66. The molecule has 82 valence electrons. The molecule has 0 radical (unpaired) electrons. The summed E-state index contributed by atoms with van der Waals surface area (Å²) in [6.07, 6.45) is -2.95. The molecule has 1 aromatic heterocycles. The van der Waals surface area contributed by atoms with Crippen LogP contribution in [0.2, 0.25) is 0 Å². The summed E-state index contributed by atoms with van der Waals surface area (Å²) in [5.74, 6) is -0.412. The molecule has 0 unspecified atom stereocenters. The van der Waals surface area contributed by atoms with Gasteiger partial charge in [0, 0.05) is 6.07 Å². The summed E-state index contributed by atoms with van der Waals surface area (Å²) < 4.78 is 29.5. The SMILES string of the molecule is COc1c(C(=O)Cl)cc(=O)[nH]c1C(F)F. The van der Waals surface area contributed by atoms with Crippen LogP contribution in [0.5, 0.6) is 5.75 Å². The molecule has 4 nitrogen and oxygen atoms in total. The molecule has 0 saturated carbocycles. The van der Waals surface area contributed by atoms with E-state index in [1.54, 1.807) is 0 Å². The highest BCUT2D eigenvalue weighted by molar-refractivity contribution is 6.68. The minimum absolute atomic E-state index is 0.377. The maximum atomic E-state index is 12.4. The number of hydrogen-bond donors (Lipinski definition) is 1. The van der Waals surface area contributed by atoms with E-state index in [-0.39, 0.29) is 5.56 Å². The normalized spacial score (nSPS) is 10.5. The van der Waals surface area contributed by atoms with E-state index in [9.17, 15) is 18.4 Å². The van der Waals surface area contributed by atoms with Gasteiger partial charge in [-0.05, 0) is 11.6 Å². The molecule has 0 fully saturated rings. The molecule has 15 heavy (non-hydrogen) atoms. The van der Waals surface area contributed by atoms with Gasteiger partial charge in [-0.3, -0.25) is 9.59 Å². The van der Waals surface area contributed by atoms with E-state index in [1.807, 2.05) is 4.98 Å². The summed E-state index contributed by atoms with van der Waals surface area (Å²) in [6.45, 7) is 0. The molecule has 1 heterocycles. The Morgan fingerprint density at radius 1 is 1.60 bits per heavy atom. The van der Waals surface area contributed by atoms with E-state index >= 15 is 0 Å². The summed E-state index contributed by atoms with van der Waals surface area (Å²) in [5.41, 5.74) is -1.97. The van der Waals surface area contributed by atoms with Crippen LogP contribution in [0.3, 0.4) is 0 Å². The summed E-state index contributed by atoms with van der Waals surface area (Å²) in [4.78, 5) is 23.7. The van der Waals surface area contributed by atoms with Gasteiger partial charge in [-0.1, -0.05) is 0 Å². The Hall–Kier alpha value is -1.43. The number of aromatic amines is 1. The Morgan fingerprint density at radius 3 is 2.60 bits per heavy atom. The second-order valence-corrected chi connectivity index (χ2v) is 2.91. The van der Waals surface area contributed by atoms with Gasteiger partial charge in [-0.25, -0.2) is 8.78 Å². The van der Waals surface area contributed by atoms with Crippen LogP contribution in [-0.4, -0.2) is 17.3 Å². The molecule has 0 bridgehead atoms. The quantitative estimate of drug-likeness (QED) is 0.814. The number of aromatic nitrogens is 1. The summed E-state index contributed by atoms with van der Waals surface area (Å²) in [5, 5.41) is -1.03. The van der Waals surface area contributed by atoms with Crippen LogP contribution in [0.25, 0.3) is 0 Å². The Kier molecular flexibility index (Phi) is 3.41. The average Bonchev–Trinajstić information content (AvgIpc) is 2.16. The van der Waals surface area contributed by atoms with Gasteiger partial charge in [0.25, 0.3) is 11.7 Å². The van der Waals surface area contributed by atoms with Crippen molar-refractivity contribution in [3.8, 4) is 5.75 Å². The van der Waals surface area contributed by atoms with Gasteiger partial charge >= 0.3 is 0 Å². The summed E-state index contributed by atoms with van der Waals surface area (Å²) in [7, 11) is 1.10. The van der Waals surface area contributed by atoms with Gasteiger partial charge < -0.3 is 9.72 Å². The molecule has 0 amide bonds. The van der Waals surface area contributed by atoms with Gasteiger partial charge in [0.15, 0.2) is 5.75 Å². The fourth-order valence-electron chi connectivity index (χ4n) is 1.09. The van der Waals surface area contributed by atoms with Crippen molar-refractivity contribution in [1.29, 1.82) is 0 Å². The zero-order valence-corrected chi connectivity index (χ0v) is 8.27. The highest BCUT2D eigenvalue weighted by atomic mass is 35.5. The second-order valence-electron chi connectivity index (χ2n) is 2.57. The molecule has 0 saturated heterocycles. The number of ether oxygens (including phenoxy) is 1. The van der Waals surface area contributed by atoms with Gasteiger partial charge in [-0.15, -0.1) is 0 Å². The molecule has 7 heteroatoms. The van der Waals surface area contributed by atoms with E-state index < -0.39 is 28.7 Å². The summed E-state index contributed by atoms with van der Waals surface area (Å²) in [6, 6.07) is 0.806. The Labute approximate surface area is 87.8 Å². The van der Waals surface area contributed by atoms with Crippen LogP contribution in [0, 0.1) is 0 Å². The lowest BCUT2D eigenvalue weighted by molar-refractivity contribution is 0.107. The number of methoxy groups -OCH3 is 1. The predicted octanol–water partition coefficient (Wildman–Crippen LogP) is 1.70.